The quantitative estimate of drug-likeness (QED) is 0.614. The van der Waals surface area contributed by atoms with E-state index in [1.54, 1.807) is 12.1 Å². The van der Waals surface area contributed by atoms with Gasteiger partial charge in [0.1, 0.15) is 5.76 Å². The number of thioether (sulfide) groups is 1. The number of furan rings is 1. The van der Waals surface area contributed by atoms with Crippen LogP contribution in [0.5, 0.6) is 0 Å². The molecule has 2 heterocycles. The number of nitrogen functional groups attached to an aromatic ring is 1. The van der Waals surface area contributed by atoms with Gasteiger partial charge in [-0.3, -0.25) is 0 Å². The second-order valence-electron chi connectivity index (χ2n) is 3.69. The number of H-pyrrole nitrogens is 1. The van der Waals surface area contributed by atoms with Crippen molar-refractivity contribution in [2.45, 2.75) is 24.3 Å². The first-order valence-electron chi connectivity index (χ1n) is 5.75. The van der Waals surface area contributed by atoms with Crippen molar-refractivity contribution in [2.24, 2.45) is 0 Å². The smallest absolute Gasteiger partial charge is 0.374 e. The third-order valence-corrected chi connectivity index (χ3v) is 3.00. The molecule has 7 nitrogen and oxygen atoms in total. The van der Waals surface area contributed by atoms with Gasteiger partial charge in [0.25, 0.3) is 0 Å². The minimum absolute atomic E-state index is 0.207. The van der Waals surface area contributed by atoms with Crippen molar-refractivity contribution in [3.63, 3.8) is 0 Å². The summed E-state index contributed by atoms with van der Waals surface area (Å²) in [7, 11) is 0. The Kier molecular flexibility index (Phi) is 4.45. The minimum Gasteiger partial charge on any atom is -0.460 e. The Morgan fingerprint density at radius 3 is 3.11 bits per heavy atom. The fourth-order valence-electron chi connectivity index (χ4n) is 1.29. The topological polar surface area (TPSA) is 107 Å². The Morgan fingerprint density at radius 2 is 2.42 bits per heavy atom. The van der Waals surface area contributed by atoms with Crippen LogP contribution < -0.4 is 5.73 Å². The van der Waals surface area contributed by atoms with Crippen LogP contribution in [-0.4, -0.2) is 27.8 Å². The first-order valence-corrected chi connectivity index (χ1v) is 6.74. The molecule has 0 saturated carbocycles. The SMILES string of the molecule is CCCOC(=O)c1ccc(CSc2n[nH]c(N)n2)o1. The predicted octanol–water partition coefficient (Wildman–Crippen LogP) is 1.84. The average Bonchev–Trinajstić information content (AvgIpc) is 3.02. The van der Waals surface area contributed by atoms with Crippen LogP contribution in [0.4, 0.5) is 5.95 Å². The molecule has 8 heteroatoms. The van der Waals surface area contributed by atoms with Gasteiger partial charge in [-0.2, -0.15) is 4.98 Å². The molecule has 0 amide bonds. The number of carbonyl (C=O) groups is 1. The van der Waals surface area contributed by atoms with E-state index in [1.165, 1.54) is 11.8 Å². The van der Waals surface area contributed by atoms with Crippen LogP contribution in [0.3, 0.4) is 0 Å². The number of rotatable bonds is 6. The van der Waals surface area contributed by atoms with Gasteiger partial charge >= 0.3 is 5.97 Å². The Morgan fingerprint density at radius 1 is 1.58 bits per heavy atom. The van der Waals surface area contributed by atoms with Crippen molar-refractivity contribution in [2.75, 3.05) is 12.3 Å². The maximum atomic E-state index is 11.5. The number of hydrogen-bond acceptors (Lipinski definition) is 7. The highest BCUT2D eigenvalue weighted by atomic mass is 32.2. The molecule has 0 unspecified atom stereocenters. The number of anilines is 1. The van der Waals surface area contributed by atoms with Crippen molar-refractivity contribution in [3.05, 3.63) is 23.7 Å². The van der Waals surface area contributed by atoms with E-state index >= 15 is 0 Å². The van der Waals surface area contributed by atoms with Gasteiger partial charge in [0, 0.05) is 0 Å². The van der Waals surface area contributed by atoms with Gasteiger partial charge in [-0.1, -0.05) is 18.7 Å². The van der Waals surface area contributed by atoms with E-state index in [4.69, 9.17) is 14.9 Å². The van der Waals surface area contributed by atoms with E-state index in [1.807, 2.05) is 6.92 Å². The molecule has 0 atom stereocenters. The monoisotopic (exact) mass is 282 g/mol. The zero-order chi connectivity index (χ0) is 13.7. The van der Waals surface area contributed by atoms with Gasteiger partial charge in [0.15, 0.2) is 0 Å². The molecule has 0 bridgehead atoms. The molecule has 102 valence electrons. The highest BCUT2D eigenvalue weighted by molar-refractivity contribution is 7.98. The molecule has 0 aliphatic rings. The van der Waals surface area contributed by atoms with E-state index in [0.29, 0.717) is 23.3 Å². The molecule has 2 aromatic rings. The second-order valence-corrected chi connectivity index (χ2v) is 4.64. The van der Waals surface area contributed by atoms with Gasteiger partial charge in [-0.15, -0.1) is 5.10 Å². The average molecular weight is 282 g/mol. The van der Waals surface area contributed by atoms with E-state index in [-0.39, 0.29) is 11.7 Å². The van der Waals surface area contributed by atoms with Crippen LogP contribution in [0.15, 0.2) is 21.7 Å². The lowest BCUT2D eigenvalue weighted by atomic mass is 10.4. The lowest BCUT2D eigenvalue weighted by Gasteiger charge is -1.99. The van der Waals surface area contributed by atoms with Gasteiger partial charge in [-0.05, 0) is 18.6 Å². The largest absolute Gasteiger partial charge is 0.460 e. The summed E-state index contributed by atoms with van der Waals surface area (Å²) >= 11 is 1.36. The first kappa shape index (κ1) is 13.5. The number of nitrogens with two attached hydrogens (primary N) is 1. The van der Waals surface area contributed by atoms with Crippen molar-refractivity contribution in [3.8, 4) is 0 Å². The zero-order valence-corrected chi connectivity index (χ0v) is 11.2. The van der Waals surface area contributed by atoms with Crippen molar-refractivity contribution in [1.29, 1.82) is 0 Å². The Labute approximate surface area is 113 Å². The molecule has 3 N–H and O–H groups in total. The molecular weight excluding hydrogens is 268 g/mol. The van der Waals surface area contributed by atoms with E-state index in [0.717, 1.165) is 6.42 Å². The molecule has 19 heavy (non-hydrogen) atoms. The number of nitrogens with one attached hydrogen (secondary N) is 1. The summed E-state index contributed by atoms with van der Waals surface area (Å²) in [4.78, 5) is 15.5. The minimum atomic E-state index is -0.444. The van der Waals surface area contributed by atoms with Gasteiger partial charge in [-0.25, -0.2) is 9.89 Å². The lowest BCUT2D eigenvalue weighted by Crippen LogP contribution is -2.04. The van der Waals surface area contributed by atoms with Crippen LogP contribution in [0.25, 0.3) is 0 Å². The van der Waals surface area contributed by atoms with E-state index in [2.05, 4.69) is 15.2 Å². The molecule has 0 saturated heterocycles. The molecule has 0 spiro atoms. The van der Waals surface area contributed by atoms with Crippen LogP contribution in [0.1, 0.15) is 29.7 Å². The standard InChI is InChI=1S/C11H14N4O3S/c1-2-5-17-9(16)8-4-3-7(18-8)6-19-11-13-10(12)14-15-11/h3-4H,2,5-6H2,1H3,(H3,12,13,14,15). The summed E-state index contributed by atoms with van der Waals surface area (Å²) < 4.78 is 10.3. The van der Waals surface area contributed by atoms with E-state index in [9.17, 15) is 4.79 Å². The molecule has 2 rings (SSSR count). The van der Waals surface area contributed by atoms with Crippen LogP contribution in [0.2, 0.25) is 0 Å². The fourth-order valence-corrected chi connectivity index (χ4v) is 1.99. The van der Waals surface area contributed by atoms with Gasteiger partial charge in [0.2, 0.25) is 16.9 Å². The molecule has 0 aliphatic heterocycles. The van der Waals surface area contributed by atoms with Crippen LogP contribution in [0, 0.1) is 0 Å². The third kappa shape index (κ3) is 3.75. The molecule has 0 aromatic carbocycles. The predicted molar refractivity (Wildman–Crippen MR) is 69.6 cm³/mol. The fraction of sp³-hybridized carbons (Fsp3) is 0.364. The number of esters is 1. The molecule has 0 fully saturated rings. The number of nitrogens with zero attached hydrogens (tertiary/aromatic N) is 2. The summed E-state index contributed by atoms with van der Waals surface area (Å²) in [6.45, 7) is 2.32. The van der Waals surface area contributed by atoms with Gasteiger partial charge in [0.05, 0.1) is 12.4 Å². The van der Waals surface area contributed by atoms with Crippen molar-refractivity contribution < 1.29 is 13.9 Å². The third-order valence-electron chi connectivity index (χ3n) is 2.13. The number of carbonyl (C=O) groups excluding carboxylic acids is 1. The molecular formula is C11H14N4O3S. The Hall–Kier alpha value is -1.96. The summed E-state index contributed by atoms with van der Waals surface area (Å²) in [5.41, 5.74) is 5.41. The summed E-state index contributed by atoms with van der Waals surface area (Å²) in [6, 6.07) is 3.33. The molecule has 0 radical (unpaired) electrons. The zero-order valence-electron chi connectivity index (χ0n) is 10.4. The van der Waals surface area contributed by atoms with E-state index < -0.39 is 5.97 Å². The number of aromatic nitrogens is 3. The maximum Gasteiger partial charge on any atom is 0.374 e. The number of aromatic amines is 1. The molecule has 2 aromatic heterocycles. The number of hydrogen-bond donors (Lipinski definition) is 2. The highest BCUT2D eigenvalue weighted by Gasteiger charge is 2.13. The number of ether oxygens (including phenoxy) is 1. The van der Waals surface area contributed by atoms with Crippen molar-refractivity contribution >= 4 is 23.7 Å². The van der Waals surface area contributed by atoms with Crippen LogP contribution in [-0.2, 0) is 10.5 Å². The highest BCUT2D eigenvalue weighted by Crippen LogP contribution is 2.21. The summed E-state index contributed by atoms with van der Waals surface area (Å²) in [6.07, 6.45) is 0.779. The summed E-state index contributed by atoms with van der Waals surface area (Å²) in [5.74, 6) is 1.19. The Bertz CT molecular complexity index is 552. The Balaban J connectivity index is 1.88. The van der Waals surface area contributed by atoms with Gasteiger partial charge < -0.3 is 14.9 Å². The maximum absolute atomic E-state index is 11.5. The van der Waals surface area contributed by atoms with Crippen molar-refractivity contribution in [1.82, 2.24) is 15.2 Å². The first-order chi connectivity index (χ1) is 9.19. The van der Waals surface area contributed by atoms with Crippen LogP contribution >= 0.6 is 11.8 Å². The second kappa shape index (κ2) is 6.28. The summed E-state index contributed by atoms with van der Waals surface area (Å²) in [5, 5.41) is 6.96. The molecule has 0 aliphatic carbocycles. The normalized spacial score (nSPS) is 10.6. The lowest BCUT2D eigenvalue weighted by molar-refractivity contribution is 0.0467.